The summed E-state index contributed by atoms with van der Waals surface area (Å²) in [4.78, 5) is 11.2. The molecule has 0 radical (unpaired) electrons. The highest BCUT2D eigenvalue weighted by Gasteiger charge is 2.14. The molecule has 0 amide bonds. The molecular formula is C12H19NO4. The fourth-order valence-electron chi connectivity index (χ4n) is 1.45. The summed E-state index contributed by atoms with van der Waals surface area (Å²) in [6.45, 7) is 2.97. The molecule has 0 fully saturated rings. The van der Waals surface area contributed by atoms with Crippen LogP contribution in [0.15, 0.2) is 16.5 Å². The molecule has 1 aromatic heterocycles. The summed E-state index contributed by atoms with van der Waals surface area (Å²) in [5, 5.41) is 11.9. The quantitative estimate of drug-likeness (QED) is 0.559. The second-order valence-corrected chi connectivity index (χ2v) is 3.80. The average molecular weight is 241 g/mol. The van der Waals surface area contributed by atoms with Crippen molar-refractivity contribution >= 4 is 5.97 Å². The molecule has 1 rings (SSSR count). The van der Waals surface area contributed by atoms with Gasteiger partial charge in [-0.15, -0.1) is 0 Å². The van der Waals surface area contributed by atoms with Gasteiger partial charge in [0.05, 0.1) is 13.2 Å². The van der Waals surface area contributed by atoms with Crippen LogP contribution in [0.25, 0.3) is 0 Å². The minimum atomic E-state index is -0.469. The van der Waals surface area contributed by atoms with Crippen LogP contribution in [0.3, 0.4) is 0 Å². The Morgan fingerprint density at radius 1 is 1.53 bits per heavy atom. The Morgan fingerprint density at radius 2 is 2.29 bits per heavy atom. The van der Waals surface area contributed by atoms with E-state index in [1.54, 1.807) is 12.1 Å². The van der Waals surface area contributed by atoms with Gasteiger partial charge in [-0.1, -0.05) is 0 Å². The van der Waals surface area contributed by atoms with Gasteiger partial charge in [0.15, 0.2) is 0 Å². The van der Waals surface area contributed by atoms with E-state index in [0.29, 0.717) is 5.76 Å². The van der Waals surface area contributed by atoms with E-state index < -0.39 is 5.97 Å². The Labute approximate surface area is 101 Å². The van der Waals surface area contributed by atoms with Crippen LogP contribution in [-0.2, 0) is 4.74 Å². The smallest absolute Gasteiger partial charge is 0.373 e. The molecule has 0 saturated carbocycles. The summed E-state index contributed by atoms with van der Waals surface area (Å²) < 4.78 is 9.93. The molecular weight excluding hydrogens is 222 g/mol. The van der Waals surface area contributed by atoms with E-state index in [1.165, 1.54) is 7.11 Å². The van der Waals surface area contributed by atoms with Crippen molar-refractivity contribution in [3.05, 3.63) is 23.7 Å². The van der Waals surface area contributed by atoms with Gasteiger partial charge < -0.3 is 19.6 Å². The van der Waals surface area contributed by atoms with Crippen LogP contribution in [0.5, 0.6) is 0 Å². The van der Waals surface area contributed by atoms with Gasteiger partial charge in [0.25, 0.3) is 0 Å². The molecule has 0 spiro atoms. The Bertz CT molecular complexity index is 348. The topological polar surface area (TPSA) is 71.7 Å². The van der Waals surface area contributed by atoms with Crippen LogP contribution in [0.2, 0.25) is 0 Å². The number of carbonyl (C=O) groups excluding carboxylic acids is 1. The Kier molecular flexibility index (Phi) is 5.72. The first-order valence-electron chi connectivity index (χ1n) is 5.71. The van der Waals surface area contributed by atoms with Gasteiger partial charge in [0, 0.05) is 6.61 Å². The third-order valence-corrected chi connectivity index (χ3v) is 2.48. The third kappa shape index (κ3) is 4.20. The van der Waals surface area contributed by atoms with E-state index in [1.807, 2.05) is 6.92 Å². The van der Waals surface area contributed by atoms with E-state index in [4.69, 9.17) is 9.52 Å². The summed E-state index contributed by atoms with van der Waals surface area (Å²) in [6.07, 6.45) is 1.69. The standard InChI is InChI=1S/C12H19NO4/c1-9(13-7-3-4-8-14)10-5-6-11(17-10)12(15)16-2/h5-6,9,13-14H,3-4,7-8H2,1-2H3. The molecule has 0 aliphatic heterocycles. The molecule has 1 atom stereocenters. The van der Waals surface area contributed by atoms with Crippen LogP contribution >= 0.6 is 0 Å². The normalized spacial score (nSPS) is 12.4. The molecule has 0 bridgehead atoms. The lowest BCUT2D eigenvalue weighted by Gasteiger charge is -2.10. The van der Waals surface area contributed by atoms with Crippen molar-refractivity contribution in [1.29, 1.82) is 0 Å². The number of esters is 1. The van der Waals surface area contributed by atoms with E-state index in [9.17, 15) is 4.79 Å². The van der Waals surface area contributed by atoms with Crippen molar-refractivity contribution in [2.24, 2.45) is 0 Å². The third-order valence-electron chi connectivity index (χ3n) is 2.48. The number of unbranched alkanes of at least 4 members (excludes halogenated alkanes) is 1. The summed E-state index contributed by atoms with van der Waals surface area (Å²) in [7, 11) is 1.32. The van der Waals surface area contributed by atoms with Crippen LogP contribution in [0.4, 0.5) is 0 Å². The Hall–Kier alpha value is -1.33. The van der Waals surface area contributed by atoms with Crippen molar-refractivity contribution in [3.63, 3.8) is 0 Å². The van der Waals surface area contributed by atoms with E-state index in [2.05, 4.69) is 10.1 Å². The van der Waals surface area contributed by atoms with E-state index in [0.717, 1.165) is 19.4 Å². The predicted molar refractivity (Wildman–Crippen MR) is 62.8 cm³/mol. The van der Waals surface area contributed by atoms with Crippen molar-refractivity contribution < 1.29 is 19.1 Å². The first-order chi connectivity index (χ1) is 8.19. The van der Waals surface area contributed by atoms with Crippen molar-refractivity contribution in [1.82, 2.24) is 5.32 Å². The number of rotatable bonds is 7. The number of hydrogen-bond acceptors (Lipinski definition) is 5. The summed E-state index contributed by atoms with van der Waals surface area (Å²) >= 11 is 0. The Balaban J connectivity index is 2.43. The fraction of sp³-hybridized carbons (Fsp3) is 0.583. The second-order valence-electron chi connectivity index (χ2n) is 3.80. The lowest BCUT2D eigenvalue weighted by molar-refractivity contribution is 0.0562. The molecule has 0 saturated heterocycles. The first-order valence-corrected chi connectivity index (χ1v) is 5.71. The van der Waals surface area contributed by atoms with Gasteiger partial charge in [-0.05, 0) is 38.4 Å². The molecule has 0 aromatic carbocycles. The highest BCUT2D eigenvalue weighted by atomic mass is 16.5. The maximum absolute atomic E-state index is 11.2. The van der Waals surface area contributed by atoms with Gasteiger partial charge in [-0.25, -0.2) is 4.79 Å². The first kappa shape index (κ1) is 13.7. The number of methoxy groups -OCH3 is 1. The molecule has 1 aromatic rings. The number of ether oxygens (including phenoxy) is 1. The molecule has 5 heteroatoms. The largest absolute Gasteiger partial charge is 0.463 e. The molecule has 2 N–H and O–H groups in total. The predicted octanol–water partition coefficient (Wildman–Crippen LogP) is 1.49. The van der Waals surface area contributed by atoms with Gasteiger partial charge >= 0.3 is 5.97 Å². The maximum atomic E-state index is 11.2. The molecule has 17 heavy (non-hydrogen) atoms. The number of nitrogens with one attached hydrogen (secondary N) is 1. The minimum absolute atomic E-state index is 0.0344. The number of furan rings is 1. The van der Waals surface area contributed by atoms with Gasteiger partial charge in [-0.3, -0.25) is 0 Å². The molecule has 1 heterocycles. The lowest BCUT2D eigenvalue weighted by Crippen LogP contribution is -2.19. The molecule has 0 aliphatic rings. The van der Waals surface area contributed by atoms with Crippen LogP contribution < -0.4 is 5.32 Å². The molecule has 5 nitrogen and oxygen atoms in total. The zero-order valence-corrected chi connectivity index (χ0v) is 10.2. The number of hydrogen-bond donors (Lipinski definition) is 2. The van der Waals surface area contributed by atoms with Gasteiger partial charge in [0.1, 0.15) is 5.76 Å². The number of carbonyl (C=O) groups is 1. The zero-order valence-electron chi connectivity index (χ0n) is 10.2. The van der Waals surface area contributed by atoms with Crippen molar-refractivity contribution in [3.8, 4) is 0 Å². The maximum Gasteiger partial charge on any atom is 0.373 e. The molecule has 96 valence electrons. The molecule has 0 aliphatic carbocycles. The zero-order chi connectivity index (χ0) is 12.7. The minimum Gasteiger partial charge on any atom is -0.463 e. The van der Waals surface area contributed by atoms with Crippen LogP contribution in [0, 0.1) is 0 Å². The van der Waals surface area contributed by atoms with Crippen LogP contribution in [-0.4, -0.2) is 31.3 Å². The summed E-state index contributed by atoms with van der Waals surface area (Å²) in [5.74, 6) is 0.449. The highest BCUT2D eigenvalue weighted by molar-refractivity contribution is 5.86. The monoisotopic (exact) mass is 241 g/mol. The number of aliphatic hydroxyl groups is 1. The fourth-order valence-corrected chi connectivity index (χ4v) is 1.45. The van der Waals surface area contributed by atoms with Crippen molar-refractivity contribution in [2.45, 2.75) is 25.8 Å². The SMILES string of the molecule is COC(=O)c1ccc(C(C)NCCCCO)o1. The van der Waals surface area contributed by atoms with Crippen molar-refractivity contribution in [2.75, 3.05) is 20.3 Å². The lowest BCUT2D eigenvalue weighted by atomic mass is 10.2. The van der Waals surface area contributed by atoms with Crippen LogP contribution in [0.1, 0.15) is 42.1 Å². The molecule has 1 unspecified atom stereocenters. The summed E-state index contributed by atoms with van der Waals surface area (Å²) in [5.41, 5.74) is 0. The van der Waals surface area contributed by atoms with E-state index in [-0.39, 0.29) is 18.4 Å². The highest BCUT2D eigenvalue weighted by Crippen LogP contribution is 2.16. The Morgan fingerprint density at radius 3 is 2.94 bits per heavy atom. The second kappa shape index (κ2) is 7.09. The average Bonchev–Trinajstić information content (AvgIpc) is 2.83. The van der Waals surface area contributed by atoms with E-state index >= 15 is 0 Å². The van der Waals surface area contributed by atoms with Gasteiger partial charge in [0.2, 0.25) is 5.76 Å². The number of aliphatic hydroxyl groups excluding tert-OH is 1. The summed E-state index contributed by atoms with van der Waals surface area (Å²) in [6, 6.07) is 3.40. The van der Waals surface area contributed by atoms with Gasteiger partial charge in [-0.2, -0.15) is 0 Å².